The van der Waals surface area contributed by atoms with Gasteiger partial charge in [0.2, 0.25) is 0 Å². The van der Waals surface area contributed by atoms with Crippen molar-refractivity contribution in [2.24, 2.45) is 5.92 Å². The number of pyridine rings is 1. The summed E-state index contributed by atoms with van der Waals surface area (Å²) in [6.45, 7) is 4.16. The summed E-state index contributed by atoms with van der Waals surface area (Å²) >= 11 is 0. The molecule has 0 aliphatic carbocycles. The summed E-state index contributed by atoms with van der Waals surface area (Å²) in [5.74, 6) is 0.547. The topological polar surface area (TPSA) is 45.1 Å². The zero-order valence-electron chi connectivity index (χ0n) is 11.5. The van der Waals surface area contributed by atoms with Crippen molar-refractivity contribution in [2.75, 3.05) is 13.2 Å². The fourth-order valence-electron chi connectivity index (χ4n) is 2.24. The second-order valence-corrected chi connectivity index (χ2v) is 4.91. The molecule has 0 aliphatic heterocycles. The van der Waals surface area contributed by atoms with Crippen molar-refractivity contribution < 1.29 is 5.11 Å². The van der Waals surface area contributed by atoms with E-state index in [4.69, 9.17) is 5.11 Å². The molecule has 1 heterocycles. The van der Waals surface area contributed by atoms with E-state index in [2.05, 4.69) is 35.4 Å². The number of para-hydroxylation sites is 1. The van der Waals surface area contributed by atoms with Gasteiger partial charge in [-0.2, -0.15) is 0 Å². The first-order chi connectivity index (χ1) is 9.33. The predicted molar refractivity (Wildman–Crippen MR) is 78.9 cm³/mol. The largest absolute Gasteiger partial charge is 0.396 e. The number of aromatic nitrogens is 1. The van der Waals surface area contributed by atoms with Gasteiger partial charge in [-0.05, 0) is 31.0 Å². The third-order valence-corrected chi connectivity index (χ3v) is 3.51. The van der Waals surface area contributed by atoms with Crippen molar-refractivity contribution >= 4 is 10.9 Å². The molecule has 3 heteroatoms. The van der Waals surface area contributed by atoms with Gasteiger partial charge in [0.05, 0.1) is 11.2 Å². The maximum absolute atomic E-state index is 8.96. The molecule has 0 amide bonds. The summed E-state index contributed by atoms with van der Waals surface area (Å²) < 4.78 is 0. The third kappa shape index (κ3) is 4.01. The molecule has 0 spiro atoms. The molecular weight excluding hydrogens is 236 g/mol. The van der Waals surface area contributed by atoms with Crippen LogP contribution in [0.2, 0.25) is 0 Å². The van der Waals surface area contributed by atoms with Crippen LogP contribution < -0.4 is 5.32 Å². The molecule has 0 radical (unpaired) electrons. The number of hydrogen-bond donors (Lipinski definition) is 2. The quantitative estimate of drug-likeness (QED) is 0.802. The molecule has 3 nitrogen and oxygen atoms in total. The minimum atomic E-state index is 0.272. The Hall–Kier alpha value is -1.45. The molecule has 1 unspecified atom stereocenters. The van der Waals surface area contributed by atoms with Crippen LogP contribution >= 0.6 is 0 Å². The normalized spacial score (nSPS) is 12.7. The van der Waals surface area contributed by atoms with Crippen LogP contribution in [0, 0.1) is 5.92 Å². The Kier molecular flexibility index (Phi) is 5.31. The molecule has 1 atom stereocenters. The average molecular weight is 258 g/mol. The fourth-order valence-corrected chi connectivity index (χ4v) is 2.24. The molecule has 19 heavy (non-hydrogen) atoms. The van der Waals surface area contributed by atoms with Gasteiger partial charge < -0.3 is 10.4 Å². The average Bonchev–Trinajstić information content (AvgIpc) is 2.46. The van der Waals surface area contributed by atoms with Gasteiger partial charge in [-0.25, -0.2) is 0 Å². The summed E-state index contributed by atoms with van der Waals surface area (Å²) in [6.07, 6.45) is 1.97. The second-order valence-electron chi connectivity index (χ2n) is 4.91. The number of aliphatic hydroxyl groups is 1. The Morgan fingerprint density at radius 2 is 2.05 bits per heavy atom. The molecular formula is C16H22N2O. The van der Waals surface area contributed by atoms with Gasteiger partial charge in [0.25, 0.3) is 0 Å². The lowest BCUT2D eigenvalue weighted by Gasteiger charge is -2.14. The van der Waals surface area contributed by atoms with E-state index in [9.17, 15) is 0 Å². The molecule has 0 aliphatic rings. The van der Waals surface area contributed by atoms with E-state index in [1.165, 1.54) is 5.39 Å². The first-order valence-corrected chi connectivity index (χ1v) is 6.99. The van der Waals surface area contributed by atoms with E-state index in [0.29, 0.717) is 5.92 Å². The molecule has 2 rings (SSSR count). The molecule has 2 aromatic rings. The van der Waals surface area contributed by atoms with Crippen molar-refractivity contribution in [1.82, 2.24) is 10.3 Å². The van der Waals surface area contributed by atoms with Crippen LogP contribution in [0.15, 0.2) is 36.4 Å². The van der Waals surface area contributed by atoms with Gasteiger partial charge in [-0.3, -0.25) is 4.98 Å². The molecule has 0 saturated carbocycles. The molecule has 2 N–H and O–H groups in total. The zero-order chi connectivity index (χ0) is 13.5. The summed E-state index contributed by atoms with van der Waals surface area (Å²) in [5, 5.41) is 13.6. The number of benzene rings is 1. The van der Waals surface area contributed by atoms with Crippen LogP contribution in [0.1, 0.15) is 25.5 Å². The minimum absolute atomic E-state index is 0.272. The standard InChI is InChI=1S/C16H22N2O/c1-2-13(9-10-19)11-17-12-15-8-7-14-5-3-4-6-16(14)18-15/h3-8,13,17,19H,2,9-12H2,1H3. The lowest BCUT2D eigenvalue weighted by Crippen LogP contribution is -2.23. The number of nitrogens with one attached hydrogen (secondary N) is 1. The highest BCUT2D eigenvalue weighted by molar-refractivity contribution is 5.78. The minimum Gasteiger partial charge on any atom is -0.396 e. The van der Waals surface area contributed by atoms with Gasteiger partial charge in [-0.1, -0.05) is 37.6 Å². The second kappa shape index (κ2) is 7.22. The maximum atomic E-state index is 8.96. The van der Waals surface area contributed by atoms with E-state index in [0.717, 1.165) is 37.1 Å². The molecule has 0 saturated heterocycles. The summed E-state index contributed by atoms with van der Waals surface area (Å²) in [4.78, 5) is 4.63. The van der Waals surface area contributed by atoms with Crippen molar-refractivity contribution in [3.63, 3.8) is 0 Å². The van der Waals surface area contributed by atoms with Crippen LogP contribution in [-0.2, 0) is 6.54 Å². The smallest absolute Gasteiger partial charge is 0.0705 e. The Morgan fingerprint density at radius 3 is 2.84 bits per heavy atom. The Bertz CT molecular complexity index is 513. The van der Waals surface area contributed by atoms with Crippen molar-refractivity contribution in [3.05, 3.63) is 42.1 Å². The first kappa shape index (κ1) is 14.0. The Balaban J connectivity index is 1.90. The van der Waals surface area contributed by atoms with Crippen molar-refractivity contribution in [2.45, 2.75) is 26.3 Å². The highest BCUT2D eigenvalue weighted by Crippen LogP contribution is 2.12. The van der Waals surface area contributed by atoms with Crippen LogP contribution in [-0.4, -0.2) is 23.2 Å². The highest BCUT2D eigenvalue weighted by atomic mass is 16.3. The molecule has 1 aromatic heterocycles. The van der Waals surface area contributed by atoms with Crippen LogP contribution in [0.5, 0.6) is 0 Å². The van der Waals surface area contributed by atoms with E-state index in [1.807, 2.05) is 18.2 Å². The highest BCUT2D eigenvalue weighted by Gasteiger charge is 2.05. The summed E-state index contributed by atoms with van der Waals surface area (Å²) in [7, 11) is 0. The van der Waals surface area contributed by atoms with Gasteiger partial charge >= 0.3 is 0 Å². The van der Waals surface area contributed by atoms with E-state index in [-0.39, 0.29) is 6.61 Å². The van der Waals surface area contributed by atoms with E-state index >= 15 is 0 Å². The molecule has 0 fully saturated rings. The van der Waals surface area contributed by atoms with E-state index < -0.39 is 0 Å². The van der Waals surface area contributed by atoms with Gasteiger partial charge in [0.15, 0.2) is 0 Å². The number of aliphatic hydroxyl groups excluding tert-OH is 1. The van der Waals surface area contributed by atoms with Crippen molar-refractivity contribution in [3.8, 4) is 0 Å². The number of nitrogens with zero attached hydrogens (tertiary/aromatic N) is 1. The van der Waals surface area contributed by atoms with Crippen LogP contribution in [0.4, 0.5) is 0 Å². The van der Waals surface area contributed by atoms with Gasteiger partial charge in [-0.15, -0.1) is 0 Å². The Morgan fingerprint density at radius 1 is 1.21 bits per heavy atom. The molecule has 0 bridgehead atoms. The molecule has 102 valence electrons. The van der Waals surface area contributed by atoms with Gasteiger partial charge in [0, 0.05) is 18.5 Å². The van der Waals surface area contributed by atoms with Crippen molar-refractivity contribution in [1.29, 1.82) is 0 Å². The predicted octanol–water partition coefficient (Wildman–Crippen LogP) is 2.73. The lowest BCUT2D eigenvalue weighted by atomic mass is 10.0. The Labute approximate surface area is 114 Å². The SMILES string of the molecule is CCC(CCO)CNCc1ccc2ccccc2n1. The number of rotatable bonds is 7. The first-order valence-electron chi connectivity index (χ1n) is 6.99. The van der Waals surface area contributed by atoms with Crippen LogP contribution in [0.3, 0.4) is 0 Å². The monoisotopic (exact) mass is 258 g/mol. The number of hydrogen-bond acceptors (Lipinski definition) is 3. The lowest BCUT2D eigenvalue weighted by molar-refractivity contribution is 0.251. The maximum Gasteiger partial charge on any atom is 0.0705 e. The third-order valence-electron chi connectivity index (χ3n) is 3.51. The summed E-state index contributed by atoms with van der Waals surface area (Å²) in [5.41, 5.74) is 2.11. The van der Waals surface area contributed by atoms with E-state index in [1.54, 1.807) is 0 Å². The summed E-state index contributed by atoms with van der Waals surface area (Å²) in [6, 6.07) is 12.4. The number of fused-ring (bicyclic) bond motifs is 1. The van der Waals surface area contributed by atoms with Crippen LogP contribution in [0.25, 0.3) is 10.9 Å². The fraction of sp³-hybridized carbons (Fsp3) is 0.438. The van der Waals surface area contributed by atoms with Gasteiger partial charge in [0.1, 0.15) is 0 Å². The zero-order valence-corrected chi connectivity index (χ0v) is 11.5. The molecule has 1 aromatic carbocycles.